The van der Waals surface area contributed by atoms with Crippen LogP contribution in [-0.2, 0) is 4.74 Å². The molecule has 0 unspecified atom stereocenters. The normalized spacial score (nSPS) is 15.9. The summed E-state index contributed by atoms with van der Waals surface area (Å²) in [6.07, 6.45) is 2.16. The predicted octanol–water partition coefficient (Wildman–Crippen LogP) is 2.60. The Morgan fingerprint density at radius 1 is 1.38 bits per heavy atom. The fourth-order valence-electron chi connectivity index (χ4n) is 1.41. The lowest BCUT2D eigenvalue weighted by molar-refractivity contribution is 0.320. The summed E-state index contributed by atoms with van der Waals surface area (Å²) in [6, 6.07) is 0. The van der Waals surface area contributed by atoms with E-state index in [9.17, 15) is 0 Å². The maximum absolute atomic E-state index is 5.98. The van der Waals surface area contributed by atoms with Crippen molar-refractivity contribution in [3.63, 3.8) is 0 Å². The van der Waals surface area contributed by atoms with Gasteiger partial charge in [-0.05, 0) is 20.8 Å². The second kappa shape index (κ2) is 6.53. The predicted molar refractivity (Wildman–Crippen MR) is 68.0 cm³/mol. The highest BCUT2D eigenvalue weighted by atomic mass is 35.5. The van der Waals surface area contributed by atoms with Gasteiger partial charge in [-0.15, -0.1) is 0 Å². The zero-order chi connectivity index (χ0) is 12.0. The van der Waals surface area contributed by atoms with Gasteiger partial charge in [-0.3, -0.25) is 0 Å². The van der Waals surface area contributed by atoms with Crippen LogP contribution < -0.4 is 0 Å². The van der Waals surface area contributed by atoms with Gasteiger partial charge in [0.2, 0.25) is 5.96 Å². The molecule has 0 aromatic rings. The van der Waals surface area contributed by atoms with Gasteiger partial charge in [0.25, 0.3) is 0 Å². The van der Waals surface area contributed by atoms with Gasteiger partial charge in [-0.1, -0.05) is 11.6 Å². The van der Waals surface area contributed by atoms with Crippen LogP contribution >= 0.6 is 11.6 Å². The molecule has 0 N–H and O–H groups in total. The molecule has 0 spiro atoms. The van der Waals surface area contributed by atoms with E-state index in [0.717, 1.165) is 13.1 Å². The number of rotatable bonds is 3. The molecular weight excluding hydrogens is 226 g/mol. The number of halogens is 1. The Hall–Kier alpha value is -1.03. The number of guanidine groups is 1. The zero-order valence-electron chi connectivity index (χ0n) is 10.0. The maximum atomic E-state index is 5.98. The van der Waals surface area contributed by atoms with Crippen molar-refractivity contribution in [1.82, 2.24) is 4.90 Å². The largest absolute Gasteiger partial charge is 0.481 e. The summed E-state index contributed by atoms with van der Waals surface area (Å²) in [5.41, 5.74) is 0. The van der Waals surface area contributed by atoms with E-state index in [1.165, 1.54) is 0 Å². The molecule has 0 amide bonds. The van der Waals surface area contributed by atoms with Crippen LogP contribution in [-0.4, -0.2) is 36.5 Å². The minimum atomic E-state index is 0.518. The molecule has 0 saturated carbocycles. The number of ether oxygens (including phenoxy) is 1. The minimum absolute atomic E-state index is 0.518. The first kappa shape index (κ1) is 13.0. The van der Waals surface area contributed by atoms with Gasteiger partial charge in [0, 0.05) is 24.3 Å². The molecule has 0 aromatic carbocycles. The Kier molecular flexibility index (Phi) is 5.32. The highest BCUT2D eigenvalue weighted by Gasteiger charge is 2.13. The van der Waals surface area contributed by atoms with Crippen molar-refractivity contribution in [2.45, 2.75) is 27.2 Å². The molecule has 0 aliphatic carbocycles. The third-order valence-corrected chi connectivity index (χ3v) is 2.45. The first-order valence-corrected chi connectivity index (χ1v) is 5.96. The topological polar surface area (TPSA) is 37.2 Å². The third kappa shape index (κ3) is 3.52. The van der Waals surface area contributed by atoms with E-state index < -0.39 is 0 Å². The van der Waals surface area contributed by atoms with Gasteiger partial charge < -0.3 is 9.64 Å². The Balaban J connectivity index is 2.91. The second-order valence-electron chi connectivity index (χ2n) is 3.29. The second-order valence-corrected chi connectivity index (χ2v) is 3.78. The summed E-state index contributed by atoms with van der Waals surface area (Å²) in [4.78, 5) is 10.7. The first-order valence-electron chi connectivity index (χ1n) is 5.58. The molecule has 5 heteroatoms. The molecule has 0 bridgehead atoms. The SMILES string of the molecule is CCOC1=NC(N(CC)CC)=NC=C(Cl)C1. The molecule has 0 radical (unpaired) electrons. The van der Waals surface area contributed by atoms with Gasteiger partial charge >= 0.3 is 0 Å². The standard InChI is InChI=1S/C11H18ClN3O/c1-4-15(5-2)11-13-8-9(12)7-10(14-11)16-6-3/h8H,4-7H2,1-3H3. The van der Waals surface area contributed by atoms with Gasteiger partial charge in [-0.25, -0.2) is 4.99 Å². The summed E-state index contributed by atoms with van der Waals surface area (Å²) in [7, 11) is 0. The number of hydrogen-bond donors (Lipinski definition) is 0. The van der Waals surface area contributed by atoms with E-state index in [-0.39, 0.29) is 0 Å². The molecule has 0 atom stereocenters. The molecule has 1 heterocycles. The molecule has 0 aromatic heterocycles. The van der Waals surface area contributed by atoms with Crippen LogP contribution in [0, 0.1) is 0 Å². The lowest BCUT2D eigenvalue weighted by Crippen LogP contribution is -2.29. The van der Waals surface area contributed by atoms with Crippen molar-refractivity contribution < 1.29 is 4.74 Å². The lowest BCUT2D eigenvalue weighted by Gasteiger charge is -2.19. The van der Waals surface area contributed by atoms with Crippen LogP contribution in [0.5, 0.6) is 0 Å². The summed E-state index contributed by atoms with van der Waals surface area (Å²) >= 11 is 5.98. The van der Waals surface area contributed by atoms with Crippen LogP contribution in [0.1, 0.15) is 27.2 Å². The quantitative estimate of drug-likeness (QED) is 0.764. The Bertz CT molecular complexity index is 319. The fraction of sp³-hybridized carbons (Fsp3) is 0.636. The smallest absolute Gasteiger partial charge is 0.228 e. The average molecular weight is 244 g/mol. The Morgan fingerprint density at radius 3 is 2.62 bits per heavy atom. The van der Waals surface area contributed by atoms with E-state index in [1.807, 2.05) is 6.92 Å². The fourth-order valence-corrected chi connectivity index (χ4v) is 1.57. The molecular formula is C11H18ClN3O. The number of nitrogens with zero attached hydrogens (tertiary/aromatic N) is 3. The van der Waals surface area contributed by atoms with Crippen LogP contribution in [0.15, 0.2) is 21.2 Å². The van der Waals surface area contributed by atoms with Crippen molar-refractivity contribution in [2.24, 2.45) is 9.98 Å². The molecule has 1 aliphatic rings. The van der Waals surface area contributed by atoms with E-state index in [0.29, 0.717) is 29.9 Å². The maximum Gasteiger partial charge on any atom is 0.228 e. The molecule has 4 nitrogen and oxygen atoms in total. The van der Waals surface area contributed by atoms with Crippen molar-refractivity contribution in [2.75, 3.05) is 19.7 Å². The molecule has 90 valence electrons. The molecule has 16 heavy (non-hydrogen) atoms. The van der Waals surface area contributed by atoms with Crippen LogP contribution in [0.3, 0.4) is 0 Å². The number of aliphatic imine (C=N–C) groups is 2. The van der Waals surface area contributed by atoms with Crippen molar-refractivity contribution in [1.29, 1.82) is 0 Å². The Morgan fingerprint density at radius 2 is 2.06 bits per heavy atom. The van der Waals surface area contributed by atoms with Gasteiger partial charge in [0.1, 0.15) is 0 Å². The zero-order valence-corrected chi connectivity index (χ0v) is 10.8. The monoisotopic (exact) mass is 243 g/mol. The summed E-state index contributed by atoms with van der Waals surface area (Å²) in [6.45, 7) is 8.39. The van der Waals surface area contributed by atoms with Crippen LogP contribution in [0.25, 0.3) is 0 Å². The molecule has 1 aliphatic heterocycles. The van der Waals surface area contributed by atoms with Gasteiger partial charge in [0.05, 0.1) is 13.0 Å². The third-order valence-electron chi connectivity index (χ3n) is 2.22. The summed E-state index contributed by atoms with van der Waals surface area (Å²) in [5.74, 6) is 1.30. The van der Waals surface area contributed by atoms with Gasteiger partial charge in [-0.2, -0.15) is 4.99 Å². The molecule has 1 rings (SSSR count). The molecule has 0 saturated heterocycles. The van der Waals surface area contributed by atoms with Crippen LogP contribution in [0.2, 0.25) is 0 Å². The Labute approximate surface area is 102 Å². The summed E-state index contributed by atoms with van der Waals surface area (Å²) in [5, 5.41) is 0.648. The lowest BCUT2D eigenvalue weighted by atomic mass is 10.4. The minimum Gasteiger partial charge on any atom is -0.481 e. The number of hydrogen-bond acceptors (Lipinski definition) is 4. The highest BCUT2D eigenvalue weighted by molar-refractivity contribution is 6.31. The highest BCUT2D eigenvalue weighted by Crippen LogP contribution is 2.14. The van der Waals surface area contributed by atoms with Crippen molar-refractivity contribution in [3.8, 4) is 0 Å². The molecule has 0 fully saturated rings. The van der Waals surface area contributed by atoms with E-state index in [1.54, 1.807) is 6.20 Å². The van der Waals surface area contributed by atoms with Crippen LogP contribution in [0.4, 0.5) is 0 Å². The van der Waals surface area contributed by atoms with E-state index >= 15 is 0 Å². The van der Waals surface area contributed by atoms with E-state index in [2.05, 4.69) is 28.7 Å². The van der Waals surface area contributed by atoms with Crippen molar-refractivity contribution >= 4 is 23.5 Å². The van der Waals surface area contributed by atoms with Crippen molar-refractivity contribution in [3.05, 3.63) is 11.2 Å². The van der Waals surface area contributed by atoms with E-state index in [4.69, 9.17) is 16.3 Å². The first-order chi connectivity index (χ1) is 7.71. The van der Waals surface area contributed by atoms with Gasteiger partial charge in [0.15, 0.2) is 5.90 Å². The summed E-state index contributed by atoms with van der Waals surface area (Å²) < 4.78 is 5.42. The average Bonchev–Trinajstić information content (AvgIpc) is 2.43.